The number of rotatable bonds is 0. The van der Waals surface area contributed by atoms with Gasteiger partial charge in [-0.05, 0) is 19.1 Å². The maximum absolute atomic E-state index is 4.14. The second-order valence-electron chi connectivity index (χ2n) is 2.18. The Hall–Kier alpha value is -1.38. The average molecular weight is 193 g/mol. The van der Waals surface area contributed by atoms with Crippen LogP contribution in [0.15, 0.2) is 24.5 Å². The highest BCUT2D eigenvalue weighted by Gasteiger charge is 1.91. The van der Waals surface area contributed by atoms with Crippen molar-refractivity contribution in [2.45, 2.75) is 34.6 Å². The lowest BCUT2D eigenvalue weighted by Crippen LogP contribution is -1.94. The number of fused-ring (bicyclic) bond motifs is 1. The average Bonchev–Trinajstić information content (AvgIpc) is 2.71. The molecule has 0 amide bonds. The molecule has 2 aromatic rings. The Kier molecular flexibility index (Phi) is 6.37. The van der Waals surface area contributed by atoms with Crippen molar-refractivity contribution >= 4 is 5.52 Å². The van der Waals surface area contributed by atoms with E-state index in [-0.39, 0.29) is 0 Å². The summed E-state index contributed by atoms with van der Waals surface area (Å²) in [4.78, 5) is 4.05. The Morgan fingerprint density at radius 3 is 2.43 bits per heavy atom. The van der Waals surface area contributed by atoms with Gasteiger partial charge in [-0.15, -0.1) is 0 Å². The zero-order chi connectivity index (χ0) is 11.0. The number of hydrogen-bond donors (Lipinski definition) is 0. The molecule has 3 nitrogen and oxygen atoms in total. The highest BCUT2D eigenvalue weighted by atomic mass is 15.2. The van der Waals surface area contributed by atoms with E-state index in [0.29, 0.717) is 0 Å². The molecule has 0 bridgehead atoms. The Labute approximate surface area is 85.8 Å². The van der Waals surface area contributed by atoms with E-state index in [0.717, 1.165) is 11.3 Å². The van der Waals surface area contributed by atoms with E-state index in [1.807, 2.05) is 63.7 Å². The third-order valence-corrected chi connectivity index (χ3v) is 1.39. The topological polar surface area (TPSA) is 30.2 Å². The standard InChI is InChI=1S/C7H7N3.2C2H6/c1-6-8-5-7-3-2-4-10(7)9-6;2*1-2/h2-5H,1H3;2*1-2H3. The summed E-state index contributed by atoms with van der Waals surface area (Å²) >= 11 is 0. The van der Waals surface area contributed by atoms with Crippen LogP contribution in [-0.2, 0) is 0 Å². The summed E-state index contributed by atoms with van der Waals surface area (Å²) in [6.07, 6.45) is 3.71. The number of nitrogens with zero attached hydrogens (tertiary/aromatic N) is 3. The molecule has 14 heavy (non-hydrogen) atoms. The number of aromatic nitrogens is 3. The lowest BCUT2D eigenvalue weighted by Gasteiger charge is -1.92. The lowest BCUT2D eigenvalue weighted by molar-refractivity contribution is 0.856. The van der Waals surface area contributed by atoms with Crippen LogP contribution in [0, 0.1) is 6.92 Å². The molecule has 0 aromatic carbocycles. The third-order valence-electron chi connectivity index (χ3n) is 1.39. The Morgan fingerprint density at radius 1 is 1.14 bits per heavy atom. The number of aryl methyl sites for hydroxylation is 1. The first kappa shape index (κ1) is 12.6. The Bertz CT molecular complexity index is 352. The van der Waals surface area contributed by atoms with Crippen LogP contribution in [0.25, 0.3) is 5.52 Å². The largest absolute Gasteiger partial charge is 0.238 e. The first-order chi connectivity index (χ1) is 6.86. The van der Waals surface area contributed by atoms with Crippen molar-refractivity contribution in [1.29, 1.82) is 0 Å². The molecular formula is C11H19N3. The molecule has 0 radical (unpaired) electrons. The summed E-state index contributed by atoms with van der Waals surface area (Å²) in [5.41, 5.74) is 1.03. The fraction of sp³-hybridized carbons (Fsp3) is 0.455. The van der Waals surface area contributed by atoms with Gasteiger partial charge in [0.05, 0.1) is 11.7 Å². The SMILES string of the molecule is CC.CC.Cc1ncc2cccn2n1. The third kappa shape index (κ3) is 3.17. The lowest BCUT2D eigenvalue weighted by atomic mass is 10.5. The minimum absolute atomic E-state index is 0.795. The molecular weight excluding hydrogens is 174 g/mol. The molecule has 2 rings (SSSR count). The van der Waals surface area contributed by atoms with Gasteiger partial charge in [0.25, 0.3) is 0 Å². The fourth-order valence-corrected chi connectivity index (χ4v) is 0.920. The van der Waals surface area contributed by atoms with Crippen LogP contribution in [0.2, 0.25) is 0 Å². The van der Waals surface area contributed by atoms with Crippen molar-refractivity contribution < 1.29 is 0 Å². The maximum Gasteiger partial charge on any atom is 0.146 e. The predicted octanol–water partition coefficient (Wildman–Crippen LogP) is 3.09. The van der Waals surface area contributed by atoms with Gasteiger partial charge >= 0.3 is 0 Å². The predicted molar refractivity (Wildman–Crippen MR) is 60.4 cm³/mol. The van der Waals surface area contributed by atoms with E-state index >= 15 is 0 Å². The van der Waals surface area contributed by atoms with Crippen molar-refractivity contribution in [1.82, 2.24) is 14.6 Å². The first-order valence-corrected chi connectivity index (χ1v) is 5.13. The molecule has 0 fully saturated rings. The van der Waals surface area contributed by atoms with Crippen molar-refractivity contribution in [2.75, 3.05) is 0 Å². The molecule has 0 saturated carbocycles. The molecule has 0 aliphatic heterocycles. The molecule has 0 N–H and O–H groups in total. The van der Waals surface area contributed by atoms with Gasteiger partial charge in [-0.25, -0.2) is 9.50 Å². The molecule has 0 aliphatic carbocycles. The molecule has 3 heteroatoms. The second-order valence-corrected chi connectivity index (χ2v) is 2.18. The van der Waals surface area contributed by atoms with Crippen LogP contribution in [0.5, 0.6) is 0 Å². The van der Waals surface area contributed by atoms with E-state index in [2.05, 4.69) is 10.1 Å². The van der Waals surface area contributed by atoms with Crippen molar-refractivity contribution in [3.8, 4) is 0 Å². The van der Waals surface area contributed by atoms with Crippen molar-refractivity contribution in [2.24, 2.45) is 0 Å². The quantitative estimate of drug-likeness (QED) is 0.643. The van der Waals surface area contributed by atoms with Gasteiger partial charge < -0.3 is 0 Å². The smallest absolute Gasteiger partial charge is 0.146 e. The molecule has 2 aromatic heterocycles. The van der Waals surface area contributed by atoms with E-state index in [9.17, 15) is 0 Å². The summed E-state index contributed by atoms with van der Waals surface area (Å²) in [5.74, 6) is 0.795. The van der Waals surface area contributed by atoms with Crippen LogP contribution in [0.1, 0.15) is 33.5 Å². The summed E-state index contributed by atoms with van der Waals surface area (Å²) in [6.45, 7) is 9.87. The van der Waals surface area contributed by atoms with E-state index in [1.54, 1.807) is 0 Å². The van der Waals surface area contributed by atoms with E-state index in [4.69, 9.17) is 0 Å². The van der Waals surface area contributed by atoms with Gasteiger partial charge in [-0.3, -0.25) is 0 Å². The summed E-state index contributed by atoms with van der Waals surface area (Å²) in [5, 5.41) is 4.14. The molecule has 0 atom stereocenters. The van der Waals surface area contributed by atoms with Crippen molar-refractivity contribution in [3.63, 3.8) is 0 Å². The van der Waals surface area contributed by atoms with Gasteiger partial charge in [0.1, 0.15) is 5.82 Å². The Morgan fingerprint density at radius 2 is 1.79 bits per heavy atom. The second kappa shape index (κ2) is 7.06. The van der Waals surface area contributed by atoms with Gasteiger partial charge in [0, 0.05) is 6.20 Å². The Balaban J connectivity index is 0.000000379. The van der Waals surface area contributed by atoms with Crippen LogP contribution >= 0.6 is 0 Å². The van der Waals surface area contributed by atoms with E-state index in [1.165, 1.54) is 0 Å². The normalized spacial score (nSPS) is 8.36. The minimum Gasteiger partial charge on any atom is -0.238 e. The zero-order valence-corrected chi connectivity index (χ0v) is 9.65. The minimum atomic E-state index is 0.795. The van der Waals surface area contributed by atoms with Gasteiger partial charge in [0.15, 0.2) is 0 Å². The van der Waals surface area contributed by atoms with Crippen molar-refractivity contribution in [3.05, 3.63) is 30.4 Å². The van der Waals surface area contributed by atoms with Crippen LogP contribution in [0.4, 0.5) is 0 Å². The van der Waals surface area contributed by atoms with Gasteiger partial charge in [-0.2, -0.15) is 5.10 Å². The van der Waals surface area contributed by atoms with Gasteiger partial charge in [0.2, 0.25) is 0 Å². The fourth-order valence-electron chi connectivity index (χ4n) is 0.920. The monoisotopic (exact) mass is 193 g/mol. The molecule has 2 heterocycles. The summed E-state index contributed by atoms with van der Waals surface area (Å²) in [7, 11) is 0. The molecule has 0 spiro atoms. The first-order valence-electron chi connectivity index (χ1n) is 5.13. The summed E-state index contributed by atoms with van der Waals surface area (Å²) in [6, 6.07) is 3.92. The van der Waals surface area contributed by atoms with Crippen LogP contribution in [0.3, 0.4) is 0 Å². The molecule has 0 aliphatic rings. The summed E-state index contributed by atoms with van der Waals surface area (Å²) < 4.78 is 1.81. The van der Waals surface area contributed by atoms with Crippen LogP contribution < -0.4 is 0 Å². The highest BCUT2D eigenvalue weighted by Crippen LogP contribution is 1.98. The molecule has 78 valence electrons. The zero-order valence-electron chi connectivity index (χ0n) is 9.65. The maximum atomic E-state index is 4.14. The van der Waals surface area contributed by atoms with Gasteiger partial charge in [-0.1, -0.05) is 27.7 Å². The van der Waals surface area contributed by atoms with E-state index < -0.39 is 0 Å². The highest BCUT2D eigenvalue weighted by molar-refractivity contribution is 5.43. The molecule has 0 unspecified atom stereocenters. The van der Waals surface area contributed by atoms with Crippen LogP contribution in [-0.4, -0.2) is 14.6 Å². The molecule has 0 saturated heterocycles. The number of hydrogen-bond acceptors (Lipinski definition) is 2.